The highest BCUT2D eigenvalue weighted by Gasteiger charge is 2.15. The normalized spacial score (nSPS) is 21.9. The van der Waals surface area contributed by atoms with Crippen molar-refractivity contribution in [3.05, 3.63) is 36.5 Å². The Labute approximate surface area is 78.9 Å². The lowest BCUT2D eigenvalue weighted by Crippen LogP contribution is -2.35. The van der Waals surface area contributed by atoms with Gasteiger partial charge in [-0.2, -0.15) is 0 Å². The third-order valence-electron chi connectivity index (χ3n) is 2.42. The molecular formula is C11H14N2. The molecule has 2 nitrogen and oxygen atoms in total. The van der Waals surface area contributed by atoms with Gasteiger partial charge >= 0.3 is 0 Å². The quantitative estimate of drug-likeness (QED) is 0.607. The van der Waals surface area contributed by atoms with Gasteiger partial charge in [0, 0.05) is 18.8 Å². The maximum atomic E-state index is 4.34. The summed E-state index contributed by atoms with van der Waals surface area (Å²) in [6.45, 7) is 3.22. The van der Waals surface area contributed by atoms with Crippen LogP contribution in [0.25, 0.3) is 0 Å². The Bertz CT molecular complexity index is 292. The highest BCUT2D eigenvalue weighted by molar-refractivity contribution is 5.41. The summed E-state index contributed by atoms with van der Waals surface area (Å²) in [5, 5.41) is 0. The van der Waals surface area contributed by atoms with Crippen LogP contribution in [0.5, 0.6) is 0 Å². The van der Waals surface area contributed by atoms with Gasteiger partial charge in [-0.05, 0) is 25.5 Å². The minimum atomic E-state index is 0.569. The van der Waals surface area contributed by atoms with Gasteiger partial charge in [0.2, 0.25) is 0 Å². The van der Waals surface area contributed by atoms with Crippen molar-refractivity contribution in [2.24, 2.45) is 0 Å². The van der Waals surface area contributed by atoms with E-state index in [0.29, 0.717) is 6.04 Å². The van der Waals surface area contributed by atoms with Crippen molar-refractivity contribution in [3.63, 3.8) is 0 Å². The Morgan fingerprint density at radius 1 is 1.38 bits per heavy atom. The van der Waals surface area contributed by atoms with E-state index in [1.165, 1.54) is 0 Å². The van der Waals surface area contributed by atoms with E-state index in [-0.39, 0.29) is 0 Å². The highest BCUT2D eigenvalue weighted by Crippen LogP contribution is 2.18. The summed E-state index contributed by atoms with van der Waals surface area (Å²) in [7, 11) is 0. The van der Waals surface area contributed by atoms with Gasteiger partial charge in [-0.3, -0.25) is 0 Å². The molecule has 1 aliphatic rings. The molecule has 1 aromatic rings. The number of aromatic nitrogens is 1. The van der Waals surface area contributed by atoms with Crippen LogP contribution >= 0.6 is 0 Å². The summed E-state index contributed by atoms with van der Waals surface area (Å²) in [6.07, 6.45) is 7.41. The molecule has 0 aromatic carbocycles. The Morgan fingerprint density at radius 3 is 3.00 bits per heavy atom. The maximum Gasteiger partial charge on any atom is 0.128 e. The number of pyridine rings is 1. The molecule has 0 aliphatic carbocycles. The first-order chi connectivity index (χ1) is 6.38. The minimum Gasteiger partial charge on any atom is -0.350 e. The Morgan fingerprint density at radius 2 is 2.31 bits per heavy atom. The Hall–Kier alpha value is -1.31. The second-order valence-electron chi connectivity index (χ2n) is 3.40. The first-order valence-corrected chi connectivity index (χ1v) is 4.70. The molecule has 2 heterocycles. The van der Waals surface area contributed by atoms with E-state index in [4.69, 9.17) is 0 Å². The summed E-state index contributed by atoms with van der Waals surface area (Å²) in [5.74, 6) is 1.08. The zero-order valence-corrected chi connectivity index (χ0v) is 7.85. The zero-order valence-electron chi connectivity index (χ0n) is 7.85. The summed E-state index contributed by atoms with van der Waals surface area (Å²) in [5.41, 5.74) is 0. The third kappa shape index (κ3) is 1.72. The molecule has 1 aliphatic heterocycles. The second kappa shape index (κ2) is 3.60. The number of anilines is 1. The monoisotopic (exact) mass is 174 g/mol. The average Bonchev–Trinajstić information content (AvgIpc) is 2.20. The molecule has 0 fully saturated rings. The predicted octanol–water partition coefficient (Wildman–Crippen LogP) is 2.24. The molecule has 68 valence electrons. The van der Waals surface area contributed by atoms with Gasteiger partial charge in [-0.25, -0.2) is 4.98 Å². The van der Waals surface area contributed by atoms with E-state index in [2.05, 4.69) is 35.0 Å². The molecule has 13 heavy (non-hydrogen) atoms. The predicted molar refractivity (Wildman–Crippen MR) is 54.8 cm³/mol. The summed E-state index contributed by atoms with van der Waals surface area (Å²) >= 11 is 0. The fourth-order valence-electron chi connectivity index (χ4n) is 1.63. The van der Waals surface area contributed by atoms with Crippen LogP contribution in [0, 0.1) is 0 Å². The first-order valence-electron chi connectivity index (χ1n) is 4.70. The van der Waals surface area contributed by atoms with Gasteiger partial charge in [0.15, 0.2) is 0 Å². The van der Waals surface area contributed by atoms with Crippen molar-refractivity contribution in [1.82, 2.24) is 4.98 Å². The van der Waals surface area contributed by atoms with Gasteiger partial charge < -0.3 is 4.90 Å². The van der Waals surface area contributed by atoms with Crippen molar-refractivity contribution in [2.45, 2.75) is 19.4 Å². The molecule has 1 unspecified atom stereocenters. The van der Waals surface area contributed by atoms with Crippen LogP contribution in [-0.4, -0.2) is 17.6 Å². The number of hydrogen-bond acceptors (Lipinski definition) is 2. The number of hydrogen-bond donors (Lipinski definition) is 0. The second-order valence-corrected chi connectivity index (χ2v) is 3.40. The summed E-state index contributed by atoms with van der Waals surface area (Å²) < 4.78 is 0. The van der Waals surface area contributed by atoms with Gasteiger partial charge in [-0.15, -0.1) is 0 Å². The van der Waals surface area contributed by atoms with Crippen LogP contribution < -0.4 is 4.90 Å². The molecule has 1 atom stereocenters. The molecule has 0 saturated carbocycles. The smallest absolute Gasteiger partial charge is 0.128 e. The van der Waals surface area contributed by atoms with E-state index in [0.717, 1.165) is 18.8 Å². The van der Waals surface area contributed by atoms with Crippen LogP contribution in [0.4, 0.5) is 5.82 Å². The zero-order chi connectivity index (χ0) is 9.10. The SMILES string of the molecule is CC1CC=CCN1c1ccccn1. The van der Waals surface area contributed by atoms with E-state index in [1.54, 1.807) is 0 Å². The maximum absolute atomic E-state index is 4.34. The van der Waals surface area contributed by atoms with Crippen molar-refractivity contribution in [3.8, 4) is 0 Å². The third-order valence-corrected chi connectivity index (χ3v) is 2.42. The molecular weight excluding hydrogens is 160 g/mol. The minimum absolute atomic E-state index is 0.569. The largest absolute Gasteiger partial charge is 0.350 e. The van der Waals surface area contributed by atoms with Crippen molar-refractivity contribution < 1.29 is 0 Å². The fourth-order valence-corrected chi connectivity index (χ4v) is 1.63. The van der Waals surface area contributed by atoms with Gasteiger partial charge in [0.1, 0.15) is 5.82 Å². The van der Waals surface area contributed by atoms with Crippen LogP contribution in [0.15, 0.2) is 36.5 Å². The lowest BCUT2D eigenvalue weighted by Gasteiger charge is -2.31. The standard InChI is InChI=1S/C11H14N2/c1-10-6-3-5-9-13(10)11-7-2-4-8-12-11/h2-5,7-8,10H,6,9H2,1H3. The molecule has 0 bridgehead atoms. The topological polar surface area (TPSA) is 16.1 Å². The molecule has 1 aromatic heterocycles. The van der Waals surface area contributed by atoms with Crippen molar-refractivity contribution >= 4 is 5.82 Å². The van der Waals surface area contributed by atoms with Crippen LogP contribution in [0.3, 0.4) is 0 Å². The molecule has 0 saturated heterocycles. The average molecular weight is 174 g/mol. The van der Waals surface area contributed by atoms with Gasteiger partial charge in [0.05, 0.1) is 0 Å². The van der Waals surface area contributed by atoms with E-state index >= 15 is 0 Å². The fraction of sp³-hybridized carbons (Fsp3) is 0.364. The van der Waals surface area contributed by atoms with E-state index in [1.807, 2.05) is 18.3 Å². The van der Waals surface area contributed by atoms with Gasteiger partial charge in [-0.1, -0.05) is 18.2 Å². The van der Waals surface area contributed by atoms with Crippen molar-refractivity contribution in [2.75, 3.05) is 11.4 Å². The number of rotatable bonds is 1. The molecule has 0 N–H and O–H groups in total. The lowest BCUT2D eigenvalue weighted by atomic mass is 10.1. The molecule has 0 spiro atoms. The van der Waals surface area contributed by atoms with E-state index in [9.17, 15) is 0 Å². The van der Waals surface area contributed by atoms with Crippen molar-refractivity contribution in [1.29, 1.82) is 0 Å². The first kappa shape index (κ1) is 8.30. The Balaban J connectivity index is 2.21. The summed E-state index contributed by atoms with van der Waals surface area (Å²) in [6, 6.07) is 6.62. The van der Waals surface area contributed by atoms with Crippen LogP contribution in [0.2, 0.25) is 0 Å². The van der Waals surface area contributed by atoms with Crippen LogP contribution in [-0.2, 0) is 0 Å². The Kier molecular flexibility index (Phi) is 2.30. The highest BCUT2D eigenvalue weighted by atomic mass is 15.2. The molecule has 0 amide bonds. The lowest BCUT2D eigenvalue weighted by molar-refractivity contribution is 0.643. The van der Waals surface area contributed by atoms with Gasteiger partial charge in [0.25, 0.3) is 0 Å². The summed E-state index contributed by atoms with van der Waals surface area (Å²) in [4.78, 5) is 6.66. The molecule has 0 radical (unpaired) electrons. The number of nitrogens with zero attached hydrogens (tertiary/aromatic N) is 2. The van der Waals surface area contributed by atoms with E-state index < -0.39 is 0 Å². The molecule has 2 heteroatoms. The van der Waals surface area contributed by atoms with Crippen LogP contribution in [0.1, 0.15) is 13.3 Å². The molecule has 2 rings (SSSR count).